The first-order chi connectivity index (χ1) is 18.3. The van der Waals surface area contributed by atoms with E-state index in [4.69, 9.17) is 23.2 Å². The van der Waals surface area contributed by atoms with E-state index in [2.05, 4.69) is 16.0 Å². The van der Waals surface area contributed by atoms with Gasteiger partial charge in [0.15, 0.2) is 0 Å². The normalized spacial score (nSPS) is 10.6. The smallest absolute Gasteiger partial charge is 0.319 e. The van der Waals surface area contributed by atoms with Crippen LogP contribution in [0.3, 0.4) is 0 Å². The summed E-state index contributed by atoms with van der Waals surface area (Å²) >= 11 is 12.2. The molecule has 0 aliphatic rings. The van der Waals surface area contributed by atoms with Crippen LogP contribution in [-0.2, 0) is 13.0 Å². The van der Waals surface area contributed by atoms with Crippen molar-refractivity contribution in [2.45, 2.75) is 13.0 Å². The molecule has 3 amide bonds. The van der Waals surface area contributed by atoms with Gasteiger partial charge in [-0.2, -0.15) is 0 Å². The van der Waals surface area contributed by atoms with Gasteiger partial charge >= 0.3 is 6.03 Å². The highest BCUT2D eigenvalue weighted by molar-refractivity contribution is 6.35. The minimum atomic E-state index is -0.876. The van der Waals surface area contributed by atoms with Crippen molar-refractivity contribution in [2.75, 3.05) is 11.9 Å². The maximum atomic E-state index is 13.9. The molecule has 0 bridgehead atoms. The van der Waals surface area contributed by atoms with Crippen molar-refractivity contribution in [3.63, 3.8) is 0 Å². The number of anilines is 1. The third-order valence-corrected chi connectivity index (χ3v) is 6.38. The molecule has 0 heterocycles. The van der Waals surface area contributed by atoms with E-state index in [-0.39, 0.29) is 18.1 Å². The second-order valence-electron chi connectivity index (χ2n) is 8.38. The number of carbonyl (C=O) groups is 2. The van der Waals surface area contributed by atoms with Gasteiger partial charge in [-0.05, 0) is 59.0 Å². The molecule has 194 valence electrons. The van der Waals surface area contributed by atoms with Crippen LogP contribution in [0, 0.1) is 11.6 Å². The van der Waals surface area contributed by atoms with Gasteiger partial charge in [-0.1, -0.05) is 71.7 Å². The van der Waals surface area contributed by atoms with Crippen LogP contribution in [-0.4, -0.2) is 18.5 Å². The molecule has 0 aliphatic carbocycles. The van der Waals surface area contributed by atoms with Crippen molar-refractivity contribution < 1.29 is 18.4 Å². The molecule has 0 aromatic heterocycles. The van der Waals surface area contributed by atoms with E-state index in [1.54, 1.807) is 24.3 Å². The molecule has 4 aromatic carbocycles. The van der Waals surface area contributed by atoms with Crippen molar-refractivity contribution in [2.24, 2.45) is 0 Å². The zero-order chi connectivity index (χ0) is 27.1. The first-order valence-electron chi connectivity index (χ1n) is 11.7. The minimum absolute atomic E-state index is 0.107. The van der Waals surface area contributed by atoms with Crippen LogP contribution in [0.15, 0.2) is 84.9 Å². The lowest BCUT2D eigenvalue weighted by Gasteiger charge is -2.15. The molecule has 0 atom stereocenters. The fourth-order valence-corrected chi connectivity index (χ4v) is 4.42. The Bertz CT molecular complexity index is 1480. The number of halogens is 4. The highest BCUT2D eigenvalue weighted by atomic mass is 35.5. The van der Waals surface area contributed by atoms with Crippen LogP contribution in [0.1, 0.15) is 21.5 Å². The number of hydrogen-bond donors (Lipinski definition) is 3. The Hall–Kier alpha value is -3.94. The van der Waals surface area contributed by atoms with Gasteiger partial charge in [0.25, 0.3) is 5.91 Å². The summed E-state index contributed by atoms with van der Waals surface area (Å²) in [5.74, 6) is -1.87. The molecular weight excluding hydrogens is 531 g/mol. The summed E-state index contributed by atoms with van der Waals surface area (Å²) in [6.45, 7) is 0.480. The molecule has 0 spiro atoms. The number of rotatable bonds is 8. The second-order valence-corrected chi connectivity index (χ2v) is 9.22. The van der Waals surface area contributed by atoms with E-state index in [1.807, 2.05) is 42.5 Å². The van der Waals surface area contributed by atoms with E-state index < -0.39 is 17.7 Å². The quantitative estimate of drug-likeness (QED) is 0.215. The van der Waals surface area contributed by atoms with Crippen LogP contribution in [0.4, 0.5) is 19.3 Å². The molecular formula is C29H23Cl2F2N3O2. The molecule has 0 saturated heterocycles. The zero-order valence-corrected chi connectivity index (χ0v) is 21.5. The lowest BCUT2D eigenvalue weighted by atomic mass is 9.95. The summed E-state index contributed by atoms with van der Waals surface area (Å²) in [4.78, 5) is 25.5. The maximum absolute atomic E-state index is 13.9. The summed E-state index contributed by atoms with van der Waals surface area (Å²) in [6.07, 6.45) is 0.536. The Morgan fingerprint density at radius 3 is 2.26 bits per heavy atom. The van der Waals surface area contributed by atoms with Crippen LogP contribution in [0.2, 0.25) is 10.0 Å². The molecule has 4 rings (SSSR count). The Balaban J connectivity index is 1.45. The SMILES string of the molecule is O=C(NCc1ccccc1-c1ccccc1C(=O)NCCc1ccc(Cl)cc1Cl)Nc1ccc(F)cc1F. The Kier molecular flexibility index (Phi) is 8.94. The van der Waals surface area contributed by atoms with Gasteiger partial charge in [0.1, 0.15) is 11.6 Å². The largest absolute Gasteiger partial charge is 0.352 e. The van der Waals surface area contributed by atoms with Gasteiger partial charge in [0.2, 0.25) is 0 Å². The highest BCUT2D eigenvalue weighted by Gasteiger charge is 2.16. The van der Waals surface area contributed by atoms with Gasteiger partial charge in [0.05, 0.1) is 5.69 Å². The van der Waals surface area contributed by atoms with Crippen LogP contribution < -0.4 is 16.0 Å². The van der Waals surface area contributed by atoms with Crippen molar-refractivity contribution in [3.8, 4) is 11.1 Å². The van der Waals surface area contributed by atoms with Crippen LogP contribution >= 0.6 is 23.2 Å². The maximum Gasteiger partial charge on any atom is 0.319 e. The molecule has 0 radical (unpaired) electrons. The third kappa shape index (κ3) is 6.88. The minimum Gasteiger partial charge on any atom is -0.352 e. The summed E-state index contributed by atoms with van der Waals surface area (Å²) in [5.41, 5.74) is 3.40. The third-order valence-electron chi connectivity index (χ3n) is 5.79. The second kappa shape index (κ2) is 12.5. The van der Waals surface area contributed by atoms with E-state index in [9.17, 15) is 18.4 Å². The predicted molar refractivity (Wildman–Crippen MR) is 147 cm³/mol. The average Bonchev–Trinajstić information content (AvgIpc) is 2.90. The topological polar surface area (TPSA) is 70.2 Å². The van der Waals surface area contributed by atoms with E-state index in [0.29, 0.717) is 40.2 Å². The molecule has 5 nitrogen and oxygen atoms in total. The lowest BCUT2D eigenvalue weighted by molar-refractivity contribution is 0.0954. The average molecular weight is 554 g/mol. The predicted octanol–water partition coefficient (Wildman–Crippen LogP) is 7.23. The lowest BCUT2D eigenvalue weighted by Crippen LogP contribution is -2.29. The van der Waals surface area contributed by atoms with Gasteiger partial charge in [-0.3, -0.25) is 4.79 Å². The zero-order valence-electron chi connectivity index (χ0n) is 20.0. The fourth-order valence-electron chi connectivity index (χ4n) is 3.92. The van der Waals surface area contributed by atoms with Gasteiger partial charge in [0, 0.05) is 34.8 Å². The Morgan fingerprint density at radius 2 is 1.50 bits per heavy atom. The first-order valence-corrected chi connectivity index (χ1v) is 12.5. The van der Waals surface area contributed by atoms with Crippen LogP contribution in [0.5, 0.6) is 0 Å². The number of benzene rings is 4. The molecule has 0 fully saturated rings. The molecule has 0 saturated carbocycles. The number of carbonyl (C=O) groups excluding carboxylic acids is 2. The van der Waals surface area contributed by atoms with E-state index >= 15 is 0 Å². The number of amides is 3. The van der Waals surface area contributed by atoms with Gasteiger partial charge in [-0.25, -0.2) is 13.6 Å². The Labute approximate surface area is 228 Å². The summed E-state index contributed by atoms with van der Waals surface area (Å²) in [7, 11) is 0. The number of hydrogen-bond acceptors (Lipinski definition) is 2. The first kappa shape index (κ1) is 27.1. The summed E-state index contributed by atoms with van der Waals surface area (Å²) in [5, 5.41) is 9.07. The molecule has 0 unspecified atom stereocenters. The van der Waals surface area contributed by atoms with E-state index in [1.165, 1.54) is 0 Å². The summed E-state index contributed by atoms with van der Waals surface area (Å²) in [6, 6.07) is 22.0. The van der Waals surface area contributed by atoms with Crippen molar-refractivity contribution in [3.05, 3.63) is 123 Å². The molecule has 38 heavy (non-hydrogen) atoms. The van der Waals surface area contributed by atoms with Crippen LogP contribution in [0.25, 0.3) is 11.1 Å². The molecule has 4 aromatic rings. The van der Waals surface area contributed by atoms with E-state index in [0.717, 1.165) is 28.8 Å². The number of nitrogens with one attached hydrogen (secondary N) is 3. The van der Waals surface area contributed by atoms with Crippen molar-refractivity contribution >= 4 is 40.8 Å². The fraction of sp³-hybridized carbons (Fsp3) is 0.103. The molecule has 0 aliphatic heterocycles. The van der Waals surface area contributed by atoms with Gasteiger partial charge in [-0.15, -0.1) is 0 Å². The molecule has 3 N–H and O–H groups in total. The standard InChI is InChI=1S/C29H23Cl2F2N3O2/c30-20-10-9-18(25(31)15-20)13-14-34-28(37)24-8-4-3-7-23(24)22-6-2-1-5-19(22)17-35-29(38)36-27-12-11-21(32)16-26(27)33/h1-12,15-16H,13-14,17H2,(H,34,37)(H2,35,36,38). The highest BCUT2D eigenvalue weighted by Crippen LogP contribution is 2.28. The van der Waals surface area contributed by atoms with Crippen molar-refractivity contribution in [1.82, 2.24) is 10.6 Å². The van der Waals surface area contributed by atoms with Gasteiger partial charge < -0.3 is 16.0 Å². The molecule has 9 heteroatoms. The van der Waals surface area contributed by atoms with Crippen molar-refractivity contribution in [1.29, 1.82) is 0 Å². The monoisotopic (exact) mass is 553 g/mol. The summed E-state index contributed by atoms with van der Waals surface area (Å²) < 4.78 is 27.0. The Morgan fingerprint density at radius 1 is 0.763 bits per heavy atom. The number of urea groups is 1.